The van der Waals surface area contributed by atoms with Gasteiger partial charge in [0.15, 0.2) is 0 Å². The maximum absolute atomic E-state index is 10.1. The van der Waals surface area contributed by atoms with Gasteiger partial charge in [0.25, 0.3) is 0 Å². The molecule has 0 fully saturated rings. The van der Waals surface area contributed by atoms with Gasteiger partial charge in [0, 0.05) is 24.7 Å². The highest BCUT2D eigenvalue weighted by molar-refractivity contribution is 5.93. The zero-order valence-electron chi connectivity index (χ0n) is 13.1. The summed E-state index contributed by atoms with van der Waals surface area (Å²) in [6, 6.07) is 8.21. The van der Waals surface area contributed by atoms with E-state index in [0.717, 1.165) is 23.0 Å². The lowest BCUT2D eigenvalue weighted by atomic mass is 10.0. The van der Waals surface area contributed by atoms with Crippen molar-refractivity contribution in [3.05, 3.63) is 35.5 Å². The average Bonchev–Trinajstić information content (AvgIpc) is 2.34. The minimum absolute atomic E-state index is 0.591. The summed E-state index contributed by atoms with van der Waals surface area (Å²) in [5, 5.41) is 11.3. The third-order valence-corrected chi connectivity index (χ3v) is 3.53. The largest absolute Gasteiger partial charge is 0.389 e. The Balaban J connectivity index is 2.65. The van der Waals surface area contributed by atoms with Crippen molar-refractivity contribution in [1.29, 1.82) is 0 Å². The van der Waals surface area contributed by atoms with Gasteiger partial charge >= 0.3 is 0 Å². The van der Waals surface area contributed by atoms with E-state index in [-0.39, 0.29) is 0 Å². The van der Waals surface area contributed by atoms with Crippen LogP contribution < -0.4 is 4.90 Å². The summed E-state index contributed by atoms with van der Waals surface area (Å²) in [6.07, 6.45) is 0.940. The molecule has 3 heteroatoms. The van der Waals surface area contributed by atoms with E-state index in [9.17, 15) is 5.11 Å². The van der Waals surface area contributed by atoms with Gasteiger partial charge in [-0.15, -0.1) is 0 Å². The zero-order valence-corrected chi connectivity index (χ0v) is 13.1. The molecule has 0 radical (unpaired) electrons. The highest BCUT2D eigenvalue weighted by atomic mass is 16.3. The molecule has 0 aliphatic rings. The Hall–Kier alpha value is -1.61. The van der Waals surface area contributed by atoms with Crippen LogP contribution in [-0.4, -0.2) is 29.3 Å². The molecule has 0 saturated carbocycles. The number of aromatic nitrogens is 1. The van der Waals surface area contributed by atoms with E-state index < -0.39 is 5.60 Å². The number of hydrogen-bond acceptors (Lipinski definition) is 3. The molecular weight excluding hydrogens is 248 g/mol. The molecule has 2 aromatic rings. The van der Waals surface area contributed by atoms with E-state index in [1.165, 1.54) is 11.3 Å². The number of nitrogens with zero attached hydrogens (tertiary/aromatic N) is 2. The minimum atomic E-state index is -0.724. The van der Waals surface area contributed by atoms with E-state index >= 15 is 0 Å². The van der Waals surface area contributed by atoms with E-state index in [2.05, 4.69) is 24.8 Å². The molecular formula is C17H24N2O. The van der Waals surface area contributed by atoms with Crippen LogP contribution >= 0.6 is 0 Å². The van der Waals surface area contributed by atoms with Crippen LogP contribution in [0.25, 0.3) is 10.9 Å². The van der Waals surface area contributed by atoms with Gasteiger partial charge in [-0.25, -0.2) is 0 Å². The fraction of sp³-hybridized carbons (Fsp3) is 0.471. The first-order chi connectivity index (χ1) is 9.33. The molecule has 1 N–H and O–H groups in total. The maximum Gasteiger partial charge on any atom is 0.0765 e. The summed E-state index contributed by atoms with van der Waals surface area (Å²) < 4.78 is 0. The summed E-state index contributed by atoms with van der Waals surface area (Å²) in [5.74, 6) is 0. The molecule has 0 atom stereocenters. The summed E-state index contributed by atoms with van der Waals surface area (Å²) in [6.45, 7) is 8.48. The van der Waals surface area contributed by atoms with Gasteiger partial charge in [-0.05, 0) is 38.8 Å². The Morgan fingerprint density at radius 2 is 1.90 bits per heavy atom. The summed E-state index contributed by atoms with van der Waals surface area (Å²) in [4.78, 5) is 6.85. The second-order valence-corrected chi connectivity index (χ2v) is 6.06. The standard InChI is InChI=1S/C17H24N2O/c1-6-13-12(2)18-15-10-8-7-9-14(15)16(13)19(5)11-17(3,4)20/h7-10,20H,6,11H2,1-5H3. The SMILES string of the molecule is CCc1c(C)nc2ccccc2c1N(C)CC(C)(C)O. The smallest absolute Gasteiger partial charge is 0.0765 e. The first-order valence-corrected chi connectivity index (χ1v) is 7.15. The van der Waals surface area contributed by atoms with Crippen LogP contribution in [0.1, 0.15) is 32.0 Å². The Morgan fingerprint density at radius 3 is 2.50 bits per heavy atom. The molecule has 0 saturated heterocycles. The van der Waals surface area contributed by atoms with Gasteiger partial charge in [-0.1, -0.05) is 25.1 Å². The maximum atomic E-state index is 10.1. The van der Waals surface area contributed by atoms with E-state index in [1.807, 2.05) is 39.1 Å². The van der Waals surface area contributed by atoms with Gasteiger partial charge in [-0.2, -0.15) is 0 Å². The molecule has 20 heavy (non-hydrogen) atoms. The number of pyridine rings is 1. The first-order valence-electron chi connectivity index (χ1n) is 7.15. The molecule has 0 aliphatic heterocycles. The normalized spacial score (nSPS) is 11.9. The van der Waals surface area contributed by atoms with Gasteiger partial charge in [-0.3, -0.25) is 4.98 Å². The second-order valence-electron chi connectivity index (χ2n) is 6.06. The second kappa shape index (κ2) is 5.41. The Kier molecular flexibility index (Phi) is 4.00. The summed E-state index contributed by atoms with van der Waals surface area (Å²) in [7, 11) is 2.04. The first kappa shape index (κ1) is 14.8. The van der Waals surface area contributed by atoms with Gasteiger partial charge in [0.05, 0.1) is 16.8 Å². The van der Waals surface area contributed by atoms with Crippen LogP contribution in [0.4, 0.5) is 5.69 Å². The molecule has 0 unspecified atom stereocenters. The van der Waals surface area contributed by atoms with Crippen LogP contribution in [0.5, 0.6) is 0 Å². The highest BCUT2D eigenvalue weighted by Gasteiger charge is 2.20. The fourth-order valence-corrected chi connectivity index (χ4v) is 2.87. The number of para-hydroxylation sites is 1. The summed E-state index contributed by atoms with van der Waals surface area (Å²) in [5.41, 5.74) is 3.81. The minimum Gasteiger partial charge on any atom is -0.389 e. The lowest BCUT2D eigenvalue weighted by Gasteiger charge is -2.30. The number of fused-ring (bicyclic) bond motifs is 1. The van der Waals surface area contributed by atoms with Crippen molar-refractivity contribution in [3.63, 3.8) is 0 Å². The quantitative estimate of drug-likeness (QED) is 0.927. The van der Waals surface area contributed by atoms with Crippen molar-refractivity contribution in [2.24, 2.45) is 0 Å². The Labute approximate surface area is 121 Å². The average molecular weight is 272 g/mol. The van der Waals surface area contributed by atoms with Crippen molar-refractivity contribution in [3.8, 4) is 0 Å². The van der Waals surface area contributed by atoms with Gasteiger partial charge in [0.1, 0.15) is 0 Å². The van der Waals surface area contributed by atoms with E-state index in [0.29, 0.717) is 6.54 Å². The van der Waals surface area contributed by atoms with Gasteiger partial charge in [0.2, 0.25) is 0 Å². The number of anilines is 1. The van der Waals surface area contributed by atoms with Crippen LogP contribution in [0.3, 0.4) is 0 Å². The van der Waals surface area contributed by atoms with Crippen molar-refractivity contribution >= 4 is 16.6 Å². The predicted molar refractivity (Wildman–Crippen MR) is 85.4 cm³/mol. The molecule has 1 aromatic carbocycles. The topological polar surface area (TPSA) is 36.4 Å². The molecule has 1 heterocycles. The third-order valence-electron chi connectivity index (χ3n) is 3.53. The number of aliphatic hydroxyl groups is 1. The number of aryl methyl sites for hydroxylation is 1. The number of likely N-dealkylation sites (N-methyl/N-ethyl adjacent to an activating group) is 1. The Morgan fingerprint density at radius 1 is 1.25 bits per heavy atom. The number of benzene rings is 1. The Bertz CT molecular complexity index is 614. The summed E-state index contributed by atoms with van der Waals surface area (Å²) >= 11 is 0. The lowest BCUT2D eigenvalue weighted by Crippen LogP contribution is -2.36. The number of rotatable bonds is 4. The molecule has 1 aromatic heterocycles. The van der Waals surface area contributed by atoms with Crippen molar-refractivity contribution < 1.29 is 5.11 Å². The number of hydrogen-bond donors (Lipinski definition) is 1. The van der Waals surface area contributed by atoms with Crippen molar-refractivity contribution in [2.75, 3.05) is 18.5 Å². The predicted octanol–water partition coefficient (Wildman–Crippen LogP) is 3.31. The third kappa shape index (κ3) is 2.93. The van der Waals surface area contributed by atoms with Crippen molar-refractivity contribution in [1.82, 2.24) is 4.98 Å². The van der Waals surface area contributed by atoms with Crippen LogP contribution in [0.15, 0.2) is 24.3 Å². The fourth-order valence-electron chi connectivity index (χ4n) is 2.87. The molecule has 0 aliphatic carbocycles. The van der Waals surface area contributed by atoms with E-state index in [4.69, 9.17) is 4.98 Å². The van der Waals surface area contributed by atoms with Crippen LogP contribution in [0, 0.1) is 6.92 Å². The molecule has 0 spiro atoms. The van der Waals surface area contributed by atoms with Crippen LogP contribution in [-0.2, 0) is 6.42 Å². The zero-order chi connectivity index (χ0) is 14.9. The van der Waals surface area contributed by atoms with Crippen LogP contribution in [0.2, 0.25) is 0 Å². The highest BCUT2D eigenvalue weighted by Crippen LogP contribution is 2.32. The van der Waals surface area contributed by atoms with Gasteiger partial charge < -0.3 is 10.0 Å². The van der Waals surface area contributed by atoms with E-state index in [1.54, 1.807) is 0 Å². The molecule has 0 amide bonds. The molecule has 108 valence electrons. The van der Waals surface area contributed by atoms with Crippen molar-refractivity contribution in [2.45, 2.75) is 39.7 Å². The molecule has 0 bridgehead atoms. The lowest BCUT2D eigenvalue weighted by molar-refractivity contribution is 0.0886. The molecule has 2 rings (SSSR count). The molecule has 3 nitrogen and oxygen atoms in total. The monoisotopic (exact) mass is 272 g/mol.